The predicted octanol–water partition coefficient (Wildman–Crippen LogP) is 4.01. The zero-order valence-corrected chi connectivity index (χ0v) is 19.2. The Bertz CT molecular complexity index is 1360. The van der Waals surface area contributed by atoms with Gasteiger partial charge >= 0.3 is 0 Å². The smallest absolute Gasteiger partial charge is 0.157 e. The molecule has 0 radical (unpaired) electrons. The summed E-state index contributed by atoms with van der Waals surface area (Å²) in [6.07, 6.45) is 0. The lowest BCUT2D eigenvalue weighted by Gasteiger charge is -2.36. The number of nitriles is 1. The maximum absolute atomic E-state index is 9.76. The molecule has 33 heavy (non-hydrogen) atoms. The minimum absolute atomic E-state index is 0.638. The Morgan fingerprint density at radius 2 is 1.79 bits per heavy atom. The summed E-state index contributed by atoms with van der Waals surface area (Å²) in [6, 6.07) is 18.5. The number of piperazine rings is 1. The van der Waals surface area contributed by atoms with Gasteiger partial charge in [0, 0.05) is 38.3 Å². The van der Waals surface area contributed by atoms with E-state index in [9.17, 15) is 5.26 Å². The van der Waals surface area contributed by atoms with Gasteiger partial charge in [0.1, 0.15) is 23.4 Å². The Balaban J connectivity index is 1.43. The number of rotatable bonds is 5. The largest absolute Gasteiger partial charge is 0.497 e. The maximum atomic E-state index is 9.76. The fraction of sp³-hybridized carbons (Fsp3) is 0.308. The quantitative estimate of drug-likeness (QED) is 0.466. The second kappa shape index (κ2) is 8.64. The molecule has 0 bridgehead atoms. The molecule has 1 aliphatic heterocycles. The van der Waals surface area contributed by atoms with Crippen molar-refractivity contribution in [3.63, 3.8) is 0 Å². The van der Waals surface area contributed by atoms with Crippen LogP contribution in [0.25, 0.3) is 16.7 Å². The number of pyridine rings is 1. The van der Waals surface area contributed by atoms with Crippen LogP contribution in [0.3, 0.4) is 0 Å². The molecule has 4 aromatic rings. The Kier molecular flexibility index (Phi) is 5.53. The molecule has 3 heterocycles. The molecule has 7 heteroatoms. The van der Waals surface area contributed by atoms with Crippen molar-refractivity contribution in [2.24, 2.45) is 0 Å². The average Bonchev–Trinajstić information content (AvgIpc) is 3.23. The average molecular weight is 442 g/mol. The van der Waals surface area contributed by atoms with Crippen molar-refractivity contribution >= 4 is 22.5 Å². The first-order valence-electron chi connectivity index (χ1n) is 11.1. The van der Waals surface area contributed by atoms with Crippen molar-refractivity contribution < 1.29 is 9.47 Å². The van der Waals surface area contributed by atoms with Crippen LogP contribution in [0.15, 0.2) is 48.5 Å². The van der Waals surface area contributed by atoms with Crippen LogP contribution in [0.1, 0.15) is 16.7 Å². The lowest BCUT2D eigenvalue weighted by molar-refractivity contribution is 0.245. The molecular weight excluding hydrogens is 414 g/mol. The number of ether oxygens (including phenoxy) is 2. The van der Waals surface area contributed by atoms with Gasteiger partial charge in [-0.15, -0.1) is 0 Å². The lowest BCUT2D eigenvalue weighted by atomic mass is 10.1. The van der Waals surface area contributed by atoms with Gasteiger partial charge in [-0.3, -0.25) is 9.30 Å². The van der Waals surface area contributed by atoms with Crippen molar-refractivity contribution in [3.8, 4) is 17.6 Å². The molecule has 0 saturated carbocycles. The summed E-state index contributed by atoms with van der Waals surface area (Å²) in [6.45, 7) is 6.43. The van der Waals surface area contributed by atoms with Crippen molar-refractivity contribution in [2.45, 2.75) is 13.5 Å². The molecule has 168 valence electrons. The molecule has 0 N–H and O–H groups in total. The summed E-state index contributed by atoms with van der Waals surface area (Å²) in [5.74, 6) is 2.81. The third-order valence-electron chi connectivity index (χ3n) is 6.44. The fourth-order valence-corrected chi connectivity index (χ4v) is 4.68. The van der Waals surface area contributed by atoms with Gasteiger partial charge in [0.25, 0.3) is 0 Å². The van der Waals surface area contributed by atoms with Gasteiger partial charge in [0.2, 0.25) is 0 Å². The minimum atomic E-state index is 0.638. The molecular formula is C26H27N5O2. The maximum Gasteiger partial charge on any atom is 0.157 e. The third kappa shape index (κ3) is 3.73. The van der Waals surface area contributed by atoms with Gasteiger partial charge in [-0.25, -0.2) is 4.98 Å². The number of hydrogen-bond donors (Lipinski definition) is 0. The van der Waals surface area contributed by atoms with E-state index in [-0.39, 0.29) is 0 Å². The highest BCUT2D eigenvalue weighted by molar-refractivity contribution is 5.85. The summed E-state index contributed by atoms with van der Waals surface area (Å²) in [4.78, 5) is 9.62. The first-order chi connectivity index (χ1) is 16.1. The molecule has 2 aromatic carbocycles. The molecule has 1 aliphatic rings. The summed E-state index contributed by atoms with van der Waals surface area (Å²) >= 11 is 0. The highest BCUT2D eigenvalue weighted by Gasteiger charge is 2.23. The molecule has 0 unspecified atom stereocenters. The monoisotopic (exact) mass is 441 g/mol. The molecule has 0 spiro atoms. The zero-order chi connectivity index (χ0) is 22.9. The first kappa shape index (κ1) is 21.1. The molecule has 0 amide bonds. The van der Waals surface area contributed by atoms with E-state index in [1.165, 1.54) is 0 Å². The predicted molar refractivity (Wildman–Crippen MR) is 129 cm³/mol. The number of imidazole rings is 1. The molecule has 2 aromatic heterocycles. The Morgan fingerprint density at radius 1 is 1.00 bits per heavy atom. The number of nitrogens with zero attached hydrogens (tertiary/aromatic N) is 5. The minimum Gasteiger partial charge on any atom is -0.497 e. The number of benzene rings is 2. The number of hydrogen-bond acceptors (Lipinski definition) is 6. The summed E-state index contributed by atoms with van der Waals surface area (Å²) in [5.41, 5.74) is 5.39. The van der Waals surface area contributed by atoms with Crippen LogP contribution >= 0.6 is 0 Å². The van der Waals surface area contributed by atoms with Gasteiger partial charge < -0.3 is 14.4 Å². The van der Waals surface area contributed by atoms with E-state index in [0.717, 1.165) is 77.8 Å². The van der Waals surface area contributed by atoms with E-state index in [1.807, 2.05) is 37.3 Å². The highest BCUT2D eigenvalue weighted by atomic mass is 16.5. The molecule has 1 fully saturated rings. The van der Waals surface area contributed by atoms with E-state index in [0.29, 0.717) is 5.56 Å². The van der Waals surface area contributed by atoms with Crippen molar-refractivity contribution in [1.29, 1.82) is 5.26 Å². The molecule has 7 nitrogen and oxygen atoms in total. The van der Waals surface area contributed by atoms with Crippen LogP contribution in [0.4, 0.5) is 5.82 Å². The number of para-hydroxylation sites is 2. The molecule has 5 rings (SSSR count). The molecule has 1 saturated heterocycles. The van der Waals surface area contributed by atoms with E-state index in [2.05, 4.69) is 38.5 Å². The second-order valence-corrected chi connectivity index (χ2v) is 8.37. The van der Waals surface area contributed by atoms with Crippen LogP contribution in [-0.4, -0.2) is 54.7 Å². The molecule has 0 atom stereocenters. The van der Waals surface area contributed by atoms with E-state index >= 15 is 0 Å². The first-order valence-corrected chi connectivity index (χ1v) is 11.1. The normalized spacial score (nSPS) is 14.5. The van der Waals surface area contributed by atoms with Crippen LogP contribution in [0, 0.1) is 18.3 Å². The Morgan fingerprint density at radius 3 is 2.52 bits per heavy atom. The van der Waals surface area contributed by atoms with Crippen molar-refractivity contribution in [2.75, 3.05) is 45.3 Å². The number of aryl methyl sites for hydroxylation is 1. The van der Waals surface area contributed by atoms with Crippen LogP contribution in [0.2, 0.25) is 0 Å². The van der Waals surface area contributed by atoms with Gasteiger partial charge in [0.15, 0.2) is 5.65 Å². The Hall–Kier alpha value is -3.76. The zero-order valence-electron chi connectivity index (χ0n) is 19.2. The SMILES string of the molecule is COc1ccc(OC)c(CN2CCN(c3cc(C)c(C#N)c4nc5ccccc5n34)CC2)c1. The number of methoxy groups -OCH3 is 2. The van der Waals surface area contributed by atoms with Gasteiger partial charge in [-0.05, 0) is 48.9 Å². The Labute approximate surface area is 193 Å². The van der Waals surface area contributed by atoms with Gasteiger partial charge in [-0.1, -0.05) is 12.1 Å². The standard InChI is InChI=1S/C26H27N5O2/c1-18-14-25(31-23-7-5-4-6-22(23)28-26(31)21(18)16-27)30-12-10-29(11-13-30)17-19-15-20(32-2)8-9-24(19)33-3/h4-9,14-15H,10-13,17H2,1-3H3. The van der Waals surface area contributed by atoms with Crippen LogP contribution in [-0.2, 0) is 6.54 Å². The van der Waals surface area contributed by atoms with Crippen molar-refractivity contribution in [1.82, 2.24) is 14.3 Å². The molecule has 0 aliphatic carbocycles. The fourth-order valence-electron chi connectivity index (χ4n) is 4.68. The van der Waals surface area contributed by atoms with Gasteiger partial charge in [0.05, 0.1) is 30.8 Å². The third-order valence-corrected chi connectivity index (χ3v) is 6.44. The van der Waals surface area contributed by atoms with Crippen molar-refractivity contribution in [3.05, 3.63) is 65.2 Å². The van der Waals surface area contributed by atoms with Gasteiger partial charge in [-0.2, -0.15) is 5.26 Å². The summed E-state index contributed by atoms with van der Waals surface area (Å²) in [5, 5.41) is 9.76. The summed E-state index contributed by atoms with van der Waals surface area (Å²) in [7, 11) is 3.39. The van der Waals surface area contributed by atoms with Crippen LogP contribution < -0.4 is 14.4 Å². The highest BCUT2D eigenvalue weighted by Crippen LogP contribution is 2.30. The van der Waals surface area contributed by atoms with Crippen LogP contribution in [0.5, 0.6) is 11.5 Å². The summed E-state index contributed by atoms with van der Waals surface area (Å²) < 4.78 is 13.1. The van der Waals surface area contributed by atoms with E-state index in [1.54, 1.807) is 14.2 Å². The number of aromatic nitrogens is 2. The van der Waals surface area contributed by atoms with E-state index in [4.69, 9.17) is 14.5 Å². The number of anilines is 1. The second-order valence-electron chi connectivity index (χ2n) is 8.37. The topological polar surface area (TPSA) is 66.0 Å². The lowest BCUT2D eigenvalue weighted by Crippen LogP contribution is -2.46. The van der Waals surface area contributed by atoms with E-state index < -0.39 is 0 Å². The number of fused-ring (bicyclic) bond motifs is 3.